The first-order chi connectivity index (χ1) is 33.8. The largest absolute Gasteiger partial charge is 0.455 e. The van der Waals surface area contributed by atoms with Gasteiger partial charge in [0.2, 0.25) is 0 Å². The number of hydrogen-bond donors (Lipinski definition) is 0. The van der Waals surface area contributed by atoms with E-state index in [1.54, 1.807) is 0 Å². The molecule has 0 unspecified atom stereocenters. The molecule has 0 atom stereocenters. The second kappa shape index (κ2) is 14.3. The number of benzene rings is 11. The van der Waals surface area contributed by atoms with Gasteiger partial charge >= 0.3 is 0 Å². The molecule has 3 heteroatoms. The highest BCUT2D eigenvalue weighted by Gasteiger charge is 2.51. The van der Waals surface area contributed by atoms with Crippen LogP contribution in [0.15, 0.2) is 241 Å². The third-order valence-corrected chi connectivity index (χ3v) is 16.1. The first-order valence-electron chi connectivity index (χ1n) is 23.4. The number of fused-ring (bicyclic) bond motifs is 17. The van der Waals surface area contributed by atoms with Crippen LogP contribution in [0.4, 0.5) is 17.1 Å². The molecule has 0 N–H and O–H groups in total. The van der Waals surface area contributed by atoms with Crippen molar-refractivity contribution in [1.82, 2.24) is 0 Å². The standard InChI is InChI=1S/C65H39NOS/c1-2-18-40(19-3-1)43-21-9-14-32-57(43)66(42-36-37-48-47-25-8-13-31-55(47)65(56(48)39-42)53-29-11-6-23-45(53)46-24-7-12-30-54(46)65)58-33-17-34-59-62(58)52-38-41-20-4-5-22-44(41)61(63(52)67-59)51-28-16-27-50-49-26-10-15-35-60(49)68-64(50)51/h1-39H. The summed E-state index contributed by atoms with van der Waals surface area (Å²) in [6, 6.07) is 87.4. The Balaban J connectivity index is 1.05. The lowest BCUT2D eigenvalue weighted by molar-refractivity contribution is 0.670. The summed E-state index contributed by atoms with van der Waals surface area (Å²) in [5.74, 6) is 0. The van der Waals surface area contributed by atoms with E-state index in [0.29, 0.717) is 0 Å². The highest BCUT2D eigenvalue weighted by atomic mass is 32.1. The number of furan rings is 1. The molecule has 2 aliphatic rings. The quantitative estimate of drug-likeness (QED) is 0.171. The Bertz CT molecular complexity index is 4170. The predicted octanol–water partition coefficient (Wildman–Crippen LogP) is 18.3. The molecule has 2 aliphatic carbocycles. The van der Waals surface area contributed by atoms with Crippen LogP contribution in [0.5, 0.6) is 0 Å². The monoisotopic (exact) mass is 881 g/mol. The molecule has 11 aromatic carbocycles. The summed E-state index contributed by atoms with van der Waals surface area (Å²) >= 11 is 1.86. The van der Waals surface area contributed by atoms with Crippen LogP contribution < -0.4 is 4.90 Å². The topological polar surface area (TPSA) is 16.4 Å². The van der Waals surface area contributed by atoms with Crippen molar-refractivity contribution in [3.05, 3.63) is 259 Å². The van der Waals surface area contributed by atoms with Crippen molar-refractivity contribution in [1.29, 1.82) is 0 Å². The van der Waals surface area contributed by atoms with Crippen LogP contribution in [-0.2, 0) is 5.41 Å². The Kier molecular flexibility index (Phi) is 7.90. The van der Waals surface area contributed by atoms with Crippen LogP contribution >= 0.6 is 11.3 Å². The Morgan fingerprint density at radius 2 is 0.956 bits per heavy atom. The van der Waals surface area contributed by atoms with Crippen LogP contribution in [0.2, 0.25) is 0 Å². The summed E-state index contributed by atoms with van der Waals surface area (Å²) in [5, 5.41) is 7.09. The normalized spacial score (nSPS) is 13.1. The zero-order valence-electron chi connectivity index (χ0n) is 36.8. The van der Waals surface area contributed by atoms with Gasteiger partial charge in [0.1, 0.15) is 11.2 Å². The second-order valence-corrected chi connectivity index (χ2v) is 19.3. The molecule has 0 aliphatic heterocycles. The van der Waals surface area contributed by atoms with Gasteiger partial charge in [0, 0.05) is 47.9 Å². The van der Waals surface area contributed by atoms with E-state index in [1.807, 2.05) is 11.3 Å². The average molecular weight is 882 g/mol. The maximum absolute atomic E-state index is 7.30. The first-order valence-corrected chi connectivity index (χ1v) is 24.2. The minimum absolute atomic E-state index is 0.491. The van der Waals surface area contributed by atoms with E-state index in [2.05, 4.69) is 241 Å². The molecular weight excluding hydrogens is 843 g/mol. The lowest BCUT2D eigenvalue weighted by Crippen LogP contribution is -2.26. The van der Waals surface area contributed by atoms with Gasteiger partial charge in [0.25, 0.3) is 0 Å². The average Bonchev–Trinajstić information content (AvgIpc) is 4.14. The molecule has 68 heavy (non-hydrogen) atoms. The zero-order chi connectivity index (χ0) is 44.5. The van der Waals surface area contributed by atoms with Crippen LogP contribution in [0.1, 0.15) is 22.3 Å². The summed E-state index contributed by atoms with van der Waals surface area (Å²) in [4.78, 5) is 2.50. The van der Waals surface area contributed by atoms with E-state index < -0.39 is 5.41 Å². The van der Waals surface area contributed by atoms with Crippen molar-refractivity contribution < 1.29 is 4.42 Å². The van der Waals surface area contributed by atoms with Crippen LogP contribution in [-0.4, -0.2) is 0 Å². The minimum Gasteiger partial charge on any atom is -0.455 e. The molecular formula is C65H39NOS. The highest BCUT2D eigenvalue weighted by Crippen LogP contribution is 2.63. The van der Waals surface area contributed by atoms with Crippen LogP contribution in [0, 0.1) is 0 Å². The highest BCUT2D eigenvalue weighted by molar-refractivity contribution is 7.26. The maximum Gasteiger partial charge on any atom is 0.144 e. The first kappa shape index (κ1) is 37.7. The lowest BCUT2D eigenvalue weighted by Gasteiger charge is -2.33. The zero-order valence-corrected chi connectivity index (χ0v) is 37.6. The number of rotatable bonds is 5. The van der Waals surface area contributed by atoms with Crippen molar-refractivity contribution in [3.63, 3.8) is 0 Å². The van der Waals surface area contributed by atoms with Gasteiger partial charge in [0.05, 0.1) is 22.2 Å². The smallest absolute Gasteiger partial charge is 0.144 e. The van der Waals surface area contributed by atoms with Crippen molar-refractivity contribution in [3.8, 4) is 44.5 Å². The summed E-state index contributed by atoms with van der Waals surface area (Å²) < 4.78 is 9.85. The molecule has 2 heterocycles. The number of hydrogen-bond acceptors (Lipinski definition) is 3. The molecule has 15 rings (SSSR count). The molecule has 0 bridgehead atoms. The number of anilines is 3. The third kappa shape index (κ3) is 5.06. The summed E-state index contributed by atoms with van der Waals surface area (Å²) in [6.07, 6.45) is 0. The minimum atomic E-state index is -0.491. The lowest BCUT2D eigenvalue weighted by atomic mass is 9.70. The molecule has 13 aromatic rings. The van der Waals surface area contributed by atoms with Gasteiger partial charge < -0.3 is 9.32 Å². The van der Waals surface area contributed by atoms with Gasteiger partial charge in [-0.1, -0.05) is 194 Å². The molecule has 0 saturated carbocycles. The van der Waals surface area contributed by atoms with Crippen LogP contribution in [0.25, 0.3) is 97.4 Å². The van der Waals surface area contributed by atoms with Crippen LogP contribution in [0.3, 0.4) is 0 Å². The Labute approximate surface area is 397 Å². The Morgan fingerprint density at radius 1 is 0.382 bits per heavy atom. The van der Waals surface area contributed by atoms with E-state index in [0.717, 1.165) is 55.7 Å². The van der Waals surface area contributed by atoms with E-state index in [9.17, 15) is 0 Å². The van der Waals surface area contributed by atoms with Gasteiger partial charge in [-0.05, 0) is 103 Å². The number of thiophene rings is 1. The van der Waals surface area contributed by atoms with Crippen molar-refractivity contribution in [2.75, 3.05) is 4.90 Å². The molecule has 0 radical (unpaired) electrons. The van der Waals surface area contributed by atoms with Crippen molar-refractivity contribution >= 4 is 81.3 Å². The van der Waals surface area contributed by atoms with Gasteiger partial charge in [0.15, 0.2) is 0 Å². The summed E-state index contributed by atoms with van der Waals surface area (Å²) in [5.41, 5.74) is 19.6. The van der Waals surface area contributed by atoms with Gasteiger partial charge in [-0.2, -0.15) is 0 Å². The molecule has 1 spiro atoms. The van der Waals surface area contributed by atoms with E-state index >= 15 is 0 Å². The molecule has 316 valence electrons. The summed E-state index contributed by atoms with van der Waals surface area (Å²) in [7, 11) is 0. The number of para-hydroxylation sites is 1. The molecule has 2 aromatic heterocycles. The van der Waals surface area contributed by atoms with E-state index in [4.69, 9.17) is 4.42 Å². The SMILES string of the molecule is c1ccc(-c2ccccc2N(c2ccc3c(c2)C2(c4ccccc4-c4ccccc42)c2ccccc2-3)c2cccc3oc4c(-c5cccc6c5sc5ccccc56)c5ccccc5cc4c23)cc1. The fraction of sp³-hybridized carbons (Fsp3) is 0.0154. The van der Waals surface area contributed by atoms with E-state index in [1.165, 1.54) is 81.0 Å². The fourth-order valence-electron chi connectivity index (χ4n) is 12.2. The molecule has 2 nitrogen and oxygen atoms in total. The van der Waals surface area contributed by atoms with Crippen molar-refractivity contribution in [2.45, 2.75) is 5.41 Å². The Morgan fingerprint density at radius 3 is 1.72 bits per heavy atom. The number of nitrogens with zero attached hydrogens (tertiary/aromatic N) is 1. The molecule has 0 fully saturated rings. The van der Waals surface area contributed by atoms with E-state index in [-0.39, 0.29) is 0 Å². The maximum atomic E-state index is 7.30. The molecule has 0 amide bonds. The fourth-order valence-corrected chi connectivity index (χ4v) is 13.4. The van der Waals surface area contributed by atoms with Gasteiger partial charge in [-0.25, -0.2) is 0 Å². The van der Waals surface area contributed by atoms with Gasteiger partial charge in [-0.3, -0.25) is 0 Å². The Hall–Kier alpha value is -8.50. The van der Waals surface area contributed by atoms with Crippen molar-refractivity contribution in [2.24, 2.45) is 0 Å². The third-order valence-electron chi connectivity index (χ3n) is 14.9. The molecule has 0 saturated heterocycles. The second-order valence-electron chi connectivity index (χ2n) is 18.2. The summed E-state index contributed by atoms with van der Waals surface area (Å²) in [6.45, 7) is 0. The predicted molar refractivity (Wildman–Crippen MR) is 286 cm³/mol. The van der Waals surface area contributed by atoms with Gasteiger partial charge in [-0.15, -0.1) is 11.3 Å².